The van der Waals surface area contributed by atoms with E-state index in [2.05, 4.69) is 242 Å². The molecule has 8 aromatic carbocycles. The Morgan fingerprint density at radius 3 is 1.59 bits per heavy atom. The molecule has 6 nitrogen and oxygen atoms in total. The molecule has 0 saturated heterocycles. The molecule has 13 aromatic rings. The van der Waals surface area contributed by atoms with E-state index in [1.165, 1.54) is 83.0 Å². The fourth-order valence-corrected chi connectivity index (χ4v) is 14.8. The summed E-state index contributed by atoms with van der Waals surface area (Å²) in [4.78, 5) is 9.19. The molecule has 493 valence electrons. The molecule has 0 fully saturated rings. The van der Waals surface area contributed by atoms with Crippen LogP contribution >= 0.6 is 0 Å². The van der Waals surface area contributed by atoms with Crippen LogP contribution in [0.2, 0.25) is 0 Å². The van der Waals surface area contributed by atoms with Crippen molar-refractivity contribution in [1.82, 2.24) is 19.1 Å². The number of benzene rings is 8. The molecule has 2 aliphatic rings. The van der Waals surface area contributed by atoms with Gasteiger partial charge in [0.2, 0.25) is 0 Å². The SMILES string of the molecule is CC(C)(C)c1ccnc(-c2[c-]cccc2)c1.[2H]C([2H])([2H])c1cnc(-c2[c-]cc(C(C)(C)C)c3c2oc2c(-c4cc5c6c(c4)-n4c7ccc(C(C)(C)C)cc7c7cc(C(C)(C)C)cc(c74)B6c4cc(C(C)(C)C)cc6c7cc(C(C)(C)C)ccc7n-5c46)c(C#N)ccc23)cc1C([2H])([2H])C(C)(C)C.[Ir]. The average molecular weight is 1460 g/mol. The van der Waals surface area contributed by atoms with Gasteiger partial charge in [-0.25, -0.2) is 0 Å². The quantitative estimate of drug-likeness (QED) is 0.130. The Balaban J connectivity index is 0.000000481. The van der Waals surface area contributed by atoms with Gasteiger partial charge < -0.3 is 23.5 Å². The summed E-state index contributed by atoms with van der Waals surface area (Å²) in [5.74, 6) is 0. The van der Waals surface area contributed by atoms with Gasteiger partial charge in [0.05, 0.1) is 28.2 Å². The van der Waals surface area contributed by atoms with Gasteiger partial charge in [-0.1, -0.05) is 204 Å². The molecule has 2 aliphatic heterocycles. The number of nitriles is 1. The molecule has 7 heterocycles. The van der Waals surface area contributed by atoms with E-state index in [0.29, 0.717) is 33.6 Å². The Morgan fingerprint density at radius 1 is 0.546 bits per heavy atom. The van der Waals surface area contributed by atoms with Gasteiger partial charge in [0.25, 0.3) is 6.71 Å². The van der Waals surface area contributed by atoms with E-state index in [4.69, 9.17) is 13.5 Å². The molecule has 0 aliphatic carbocycles. The first-order valence-electron chi connectivity index (χ1n) is 36.6. The molecule has 0 spiro atoms. The molecule has 0 saturated carbocycles. The second kappa shape index (κ2) is 22.9. The molecule has 5 aromatic heterocycles. The summed E-state index contributed by atoms with van der Waals surface area (Å²) in [6.07, 6.45) is 1.11. The molecule has 0 unspecified atom stereocenters. The minimum Gasteiger partial charge on any atom is -0.500 e. The van der Waals surface area contributed by atoms with E-state index in [0.717, 1.165) is 55.6 Å². The van der Waals surface area contributed by atoms with Crippen LogP contribution < -0.4 is 16.4 Å². The number of pyridine rings is 2. The van der Waals surface area contributed by atoms with Gasteiger partial charge in [-0.3, -0.25) is 0 Å². The zero-order valence-electron chi connectivity index (χ0n) is 65.4. The zero-order valence-corrected chi connectivity index (χ0v) is 62.8. The van der Waals surface area contributed by atoms with Crippen molar-refractivity contribution < 1.29 is 31.4 Å². The van der Waals surface area contributed by atoms with Gasteiger partial charge >= 0.3 is 0 Å². The first kappa shape index (κ1) is 61.0. The number of hydrogen-bond acceptors (Lipinski definition) is 4. The third-order valence-electron chi connectivity index (χ3n) is 20.0. The fraction of sp³-hybridized carbons (Fsp3) is 0.337. The number of hydrogen-bond donors (Lipinski definition) is 0. The standard InChI is InChI=1S/C74H76BN4O.C15H16N.Ir/c1-40-39-77-57(28-43(40)37-69(2,3)4)48-24-25-54(74(17,18)19)63-49-23-20-41(38-76)62(68(49)80-67(48)63)42-29-60-64-61(30-42)79-59-27-22-45(71(8,9)10)32-51(59)53-34-47(73(14,15)16)36-56(66(53)79)75(64)55-35-46(72(11,12)13)33-52-50-31-44(70(5,6)7)21-26-58(50)78(60)65(52)55;1-15(2,3)13-9-10-16-14(11-13)12-7-5-4-6-8-12;/h20-23,25-36,39H,37H2,1-19H3;4-7,9-11H,1-3H3;/q2*-1;/i1D3,37D2;;. The van der Waals surface area contributed by atoms with Gasteiger partial charge in [-0.2, -0.15) is 5.26 Å². The zero-order chi connectivity index (χ0) is 72.9. The summed E-state index contributed by atoms with van der Waals surface area (Å²) >= 11 is 0. The van der Waals surface area contributed by atoms with Crippen molar-refractivity contribution in [2.75, 3.05) is 0 Å². The van der Waals surface area contributed by atoms with Crippen molar-refractivity contribution in [1.29, 1.82) is 5.26 Å². The third kappa shape index (κ3) is 11.4. The van der Waals surface area contributed by atoms with Crippen molar-refractivity contribution in [2.24, 2.45) is 5.41 Å². The van der Waals surface area contributed by atoms with Crippen molar-refractivity contribution in [2.45, 2.75) is 191 Å². The number of rotatable bonds is 4. The van der Waals surface area contributed by atoms with Crippen LogP contribution in [0.15, 0.2) is 150 Å². The van der Waals surface area contributed by atoms with Crippen molar-refractivity contribution in [3.63, 3.8) is 0 Å². The van der Waals surface area contributed by atoms with E-state index in [1.54, 1.807) is 26.8 Å². The van der Waals surface area contributed by atoms with E-state index in [9.17, 15) is 8.00 Å². The van der Waals surface area contributed by atoms with Crippen LogP contribution in [0.25, 0.3) is 111 Å². The average Bonchev–Trinajstić information content (AvgIpc) is 1.41. The van der Waals surface area contributed by atoms with Crippen LogP contribution in [0.1, 0.15) is 202 Å². The first-order chi connectivity index (χ1) is 46.9. The molecule has 0 atom stereocenters. The number of nitrogens with zero attached hydrogens (tertiary/aromatic N) is 5. The number of furan rings is 1. The van der Waals surface area contributed by atoms with Crippen LogP contribution in [0.5, 0.6) is 0 Å². The Kier molecular flexibility index (Phi) is 14.4. The van der Waals surface area contributed by atoms with E-state index < -0.39 is 24.1 Å². The maximum absolute atomic E-state index is 11.5. The molecule has 8 heteroatoms. The van der Waals surface area contributed by atoms with Crippen LogP contribution in [0.4, 0.5) is 0 Å². The summed E-state index contributed by atoms with van der Waals surface area (Å²) in [6.45, 7) is 43.3. The molecular formula is C89H92BIrN5O-2. The van der Waals surface area contributed by atoms with Gasteiger partial charge in [-0.15, -0.1) is 53.6 Å². The molecule has 0 bridgehead atoms. The van der Waals surface area contributed by atoms with Crippen molar-refractivity contribution >= 4 is 88.7 Å². The molecular weight excluding hydrogens is 1360 g/mol. The largest absolute Gasteiger partial charge is 0.500 e. The summed E-state index contributed by atoms with van der Waals surface area (Å²) in [6, 6.07) is 57.6. The number of aromatic nitrogens is 4. The summed E-state index contributed by atoms with van der Waals surface area (Å²) in [5.41, 5.74) is 21.8. The summed E-state index contributed by atoms with van der Waals surface area (Å²) in [7, 11) is 0. The Labute approximate surface area is 596 Å². The van der Waals surface area contributed by atoms with Gasteiger partial charge in [0, 0.05) is 94.3 Å². The maximum Gasteiger partial charge on any atom is 0.252 e. The first-order valence-corrected chi connectivity index (χ1v) is 34.1. The van der Waals surface area contributed by atoms with E-state index >= 15 is 0 Å². The van der Waals surface area contributed by atoms with Crippen LogP contribution in [-0.2, 0) is 59.0 Å². The molecule has 0 N–H and O–H groups in total. The molecule has 1 radical (unpaired) electrons. The van der Waals surface area contributed by atoms with Crippen molar-refractivity contribution in [3.8, 4) is 51.1 Å². The second-order valence-corrected chi connectivity index (χ2v) is 34.5. The summed E-state index contributed by atoms with van der Waals surface area (Å²) < 4.78 is 56.9. The monoisotopic (exact) mass is 1460 g/mol. The van der Waals surface area contributed by atoms with E-state index in [-0.39, 0.29) is 65.0 Å². The second-order valence-electron chi connectivity index (χ2n) is 34.5. The Hall–Kier alpha value is -8.34. The topological polar surface area (TPSA) is 72.6 Å². The molecule has 97 heavy (non-hydrogen) atoms. The minimum atomic E-state index is -2.62. The predicted molar refractivity (Wildman–Crippen MR) is 408 cm³/mol. The maximum atomic E-state index is 11.5. The Morgan fingerprint density at radius 2 is 1.09 bits per heavy atom. The van der Waals surface area contributed by atoms with E-state index in [1.807, 2.05) is 48.7 Å². The van der Waals surface area contributed by atoms with Crippen LogP contribution in [0.3, 0.4) is 0 Å². The van der Waals surface area contributed by atoms with Gasteiger partial charge in [0.1, 0.15) is 5.58 Å². The van der Waals surface area contributed by atoms with Crippen LogP contribution in [0, 0.1) is 35.7 Å². The molecule has 15 rings (SSSR count). The smallest absolute Gasteiger partial charge is 0.252 e. The predicted octanol–water partition coefficient (Wildman–Crippen LogP) is 21.6. The fourth-order valence-electron chi connectivity index (χ4n) is 14.8. The minimum absolute atomic E-state index is 0. The Bertz CT molecular complexity index is 5500. The number of aryl methyl sites for hydroxylation is 1. The van der Waals surface area contributed by atoms with Gasteiger partial charge in [-0.05, 0) is 179 Å². The van der Waals surface area contributed by atoms with Crippen LogP contribution in [-0.4, -0.2) is 25.8 Å². The third-order valence-corrected chi connectivity index (χ3v) is 20.0. The normalized spacial score (nSPS) is 14.4. The molecule has 0 amide bonds. The van der Waals surface area contributed by atoms with Gasteiger partial charge in [0.15, 0.2) is 0 Å². The number of fused-ring (bicyclic) bond motifs is 13. The summed E-state index contributed by atoms with van der Waals surface area (Å²) in [5, 5.41) is 18.0. The van der Waals surface area contributed by atoms with Crippen molar-refractivity contribution in [3.05, 3.63) is 208 Å².